The largest absolute Gasteiger partial charge is 0.360 e. The fraction of sp³-hybridized carbons (Fsp3) is 0. The Morgan fingerprint density at radius 3 is 2.43 bits per heavy atom. The number of benzene rings is 2. The van der Waals surface area contributed by atoms with Gasteiger partial charge in [-0.3, -0.25) is 9.59 Å². The highest BCUT2D eigenvalue weighted by atomic mass is 35.5. The van der Waals surface area contributed by atoms with E-state index in [1.807, 2.05) is 0 Å². The molecular weight excluding hydrogens is 342 g/mol. The molecule has 1 amide bonds. The van der Waals surface area contributed by atoms with Crippen LogP contribution in [0, 0.1) is 5.82 Å². The van der Waals surface area contributed by atoms with Crippen LogP contribution in [-0.4, -0.2) is 16.7 Å². The number of fused-ring (bicyclic) bond motifs is 1. The Bertz CT molecular complexity index is 917. The van der Waals surface area contributed by atoms with Crippen LogP contribution in [0.5, 0.6) is 0 Å². The molecule has 0 spiro atoms. The van der Waals surface area contributed by atoms with Gasteiger partial charge in [-0.2, -0.15) is 0 Å². The summed E-state index contributed by atoms with van der Waals surface area (Å²) in [4.78, 5) is 27.2. The molecular formula is C16H9Cl2FN2O2. The molecule has 0 saturated heterocycles. The number of amides is 1. The molecule has 0 fully saturated rings. The molecule has 0 atom stereocenters. The molecule has 23 heavy (non-hydrogen) atoms. The molecule has 0 radical (unpaired) electrons. The van der Waals surface area contributed by atoms with E-state index in [2.05, 4.69) is 10.3 Å². The van der Waals surface area contributed by atoms with E-state index in [1.165, 1.54) is 42.6 Å². The lowest BCUT2D eigenvalue weighted by Crippen LogP contribution is -2.22. The predicted octanol–water partition coefficient (Wildman–Crippen LogP) is 4.44. The van der Waals surface area contributed by atoms with Crippen LogP contribution >= 0.6 is 23.2 Å². The van der Waals surface area contributed by atoms with Gasteiger partial charge in [-0.05, 0) is 36.4 Å². The molecule has 0 saturated carbocycles. The minimum atomic E-state index is -0.839. The van der Waals surface area contributed by atoms with Crippen LogP contribution in [0.25, 0.3) is 10.9 Å². The van der Waals surface area contributed by atoms with Crippen LogP contribution in [0.15, 0.2) is 42.6 Å². The third-order valence-corrected chi connectivity index (χ3v) is 3.65. The topological polar surface area (TPSA) is 62.0 Å². The number of Topliss-reactive ketones (excluding diaryl/α,β-unsaturated/α-hetero) is 1. The smallest absolute Gasteiger partial charge is 0.296 e. The molecule has 2 N–H and O–H groups in total. The van der Waals surface area contributed by atoms with Gasteiger partial charge in [0.2, 0.25) is 0 Å². The van der Waals surface area contributed by atoms with Gasteiger partial charge in [0.25, 0.3) is 11.7 Å². The quantitative estimate of drug-likeness (QED) is 0.542. The molecule has 116 valence electrons. The van der Waals surface area contributed by atoms with Gasteiger partial charge in [-0.15, -0.1) is 0 Å². The van der Waals surface area contributed by atoms with E-state index < -0.39 is 17.5 Å². The molecule has 1 heterocycles. The number of ketones is 1. The van der Waals surface area contributed by atoms with Crippen LogP contribution in [-0.2, 0) is 4.79 Å². The molecule has 1 aromatic heterocycles. The summed E-state index contributed by atoms with van der Waals surface area (Å²) in [5.41, 5.74) is 0.907. The van der Waals surface area contributed by atoms with Gasteiger partial charge in [0.1, 0.15) is 5.82 Å². The molecule has 0 unspecified atom stereocenters. The first kappa shape index (κ1) is 15.5. The number of H-pyrrole nitrogens is 1. The number of anilines is 1. The Labute approximate surface area is 140 Å². The van der Waals surface area contributed by atoms with Crippen molar-refractivity contribution in [1.29, 1.82) is 0 Å². The van der Waals surface area contributed by atoms with Gasteiger partial charge in [-0.25, -0.2) is 4.39 Å². The maximum atomic E-state index is 13.2. The van der Waals surface area contributed by atoms with E-state index in [0.29, 0.717) is 26.6 Å². The monoisotopic (exact) mass is 350 g/mol. The lowest BCUT2D eigenvalue weighted by atomic mass is 10.1. The lowest BCUT2D eigenvalue weighted by Gasteiger charge is -2.05. The maximum absolute atomic E-state index is 13.2. The standard InChI is InChI=1S/C16H9Cl2FN2O2/c17-8-3-9(18)5-11(4-8)21-16(23)15(22)13-7-20-14-6-10(19)1-2-12(13)14/h1-7,20H,(H,21,23). The minimum absolute atomic E-state index is 0.158. The highest BCUT2D eigenvalue weighted by molar-refractivity contribution is 6.48. The average Bonchev–Trinajstić information content (AvgIpc) is 2.88. The highest BCUT2D eigenvalue weighted by Gasteiger charge is 2.20. The second-order valence-electron chi connectivity index (χ2n) is 4.83. The van der Waals surface area contributed by atoms with Crippen molar-refractivity contribution < 1.29 is 14.0 Å². The zero-order valence-electron chi connectivity index (χ0n) is 11.5. The number of hydrogen-bond donors (Lipinski definition) is 2. The molecule has 2 aromatic carbocycles. The average molecular weight is 351 g/mol. The van der Waals surface area contributed by atoms with Crippen molar-refractivity contribution in [2.24, 2.45) is 0 Å². The van der Waals surface area contributed by atoms with Gasteiger partial charge in [0.05, 0.1) is 5.56 Å². The van der Waals surface area contributed by atoms with E-state index >= 15 is 0 Å². The molecule has 0 aliphatic rings. The minimum Gasteiger partial charge on any atom is -0.360 e. The summed E-state index contributed by atoms with van der Waals surface area (Å²) in [5, 5.41) is 3.58. The van der Waals surface area contributed by atoms with E-state index in [9.17, 15) is 14.0 Å². The van der Waals surface area contributed by atoms with Crippen molar-refractivity contribution in [3.05, 3.63) is 64.0 Å². The first-order valence-electron chi connectivity index (χ1n) is 6.52. The molecule has 7 heteroatoms. The zero-order chi connectivity index (χ0) is 16.6. The normalized spacial score (nSPS) is 10.7. The molecule has 3 aromatic rings. The first-order chi connectivity index (χ1) is 10.9. The fourth-order valence-electron chi connectivity index (χ4n) is 2.22. The molecule has 0 aliphatic heterocycles. The predicted molar refractivity (Wildman–Crippen MR) is 87.7 cm³/mol. The summed E-state index contributed by atoms with van der Waals surface area (Å²) >= 11 is 11.7. The molecule has 0 aliphatic carbocycles. The van der Waals surface area contributed by atoms with Crippen LogP contribution in [0.4, 0.5) is 10.1 Å². The Hall–Kier alpha value is -2.37. The lowest BCUT2D eigenvalue weighted by molar-refractivity contribution is -0.112. The van der Waals surface area contributed by atoms with Crippen molar-refractivity contribution in [2.75, 3.05) is 5.32 Å². The summed E-state index contributed by atoms with van der Waals surface area (Å²) in [5.74, 6) is -2.02. The SMILES string of the molecule is O=C(Nc1cc(Cl)cc(Cl)c1)C(=O)c1c[nH]c2cc(F)ccc12. The van der Waals surface area contributed by atoms with Crippen LogP contribution in [0.2, 0.25) is 10.0 Å². The number of aromatic amines is 1. The van der Waals surface area contributed by atoms with Crippen LogP contribution in [0.3, 0.4) is 0 Å². The Morgan fingerprint density at radius 2 is 1.74 bits per heavy atom. The third kappa shape index (κ3) is 3.21. The Kier molecular flexibility index (Phi) is 4.07. The number of carbonyl (C=O) groups excluding carboxylic acids is 2. The maximum Gasteiger partial charge on any atom is 0.296 e. The highest BCUT2D eigenvalue weighted by Crippen LogP contribution is 2.23. The van der Waals surface area contributed by atoms with Gasteiger partial charge >= 0.3 is 0 Å². The van der Waals surface area contributed by atoms with Crippen LogP contribution < -0.4 is 5.32 Å². The Morgan fingerprint density at radius 1 is 1.04 bits per heavy atom. The second kappa shape index (κ2) is 6.02. The van der Waals surface area contributed by atoms with Crippen molar-refractivity contribution in [2.45, 2.75) is 0 Å². The molecule has 4 nitrogen and oxygen atoms in total. The molecule has 3 rings (SSSR count). The summed E-state index contributed by atoms with van der Waals surface area (Å²) in [7, 11) is 0. The van der Waals surface area contributed by atoms with Crippen molar-refractivity contribution in [3.8, 4) is 0 Å². The number of halogens is 3. The fourth-order valence-corrected chi connectivity index (χ4v) is 2.75. The zero-order valence-corrected chi connectivity index (χ0v) is 13.0. The van der Waals surface area contributed by atoms with E-state index in [1.54, 1.807) is 0 Å². The third-order valence-electron chi connectivity index (χ3n) is 3.22. The van der Waals surface area contributed by atoms with Crippen molar-refractivity contribution >= 4 is 51.5 Å². The number of rotatable bonds is 3. The van der Waals surface area contributed by atoms with Crippen molar-refractivity contribution in [1.82, 2.24) is 4.98 Å². The summed E-state index contributed by atoms with van der Waals surface area (Å²) in [6.45, 7) is 0. The van der Waals surface area contributed by atoms with Gasteiger partial charge < -0.3 is 10.3 Å². The van der Waals surface area contributed by atoms with Crippen LogP contribution in [0.1, 0.15) is 10.4 Å². The molecule has 0 bridgehead atoms. The Balaban J connectivity index is 1.88. The number of carbonyl (C=O) groups is 2. The van der Waals surface area contributed by atoms with Gasteiger partial charge in [0.15, 0.2) is 0 Å². The number of nitrogens with one attached hydrogen (secondary N) is 2. The van der Waals surface area contributed by atoms with Gasteiger partial charge in [-0.1, -0.05) is 23.2 Å². The van der Waals surface area contributed by atoms with E-state index in [-0.39, 0.29) is 5.56 Å². The summed E-state index contributed by atoms with van der Waals surface area (Å²) < 4.78 is 13.2. The number of hydrogen-bond acceptors (Lipinski definition) is 2. The van der Waals surface area contributed by atoms with Gasteiger partial charge in [0, 0.05) is 32.8 Å². The number of aromatic nitrogens is 1. The second-order valence-corrected chi connectivity index (χ2v) is 5.71. The van der Waals surface area contributed by atoms with E-state index in [4.69, 9.17) is 23.2 Å². The summed E-state index contributed by atoms with van der Waals surface area (Å²) in [6, 6.07) is 8.38. The summed E-state index contributed by atoms with van der Waals surface area (Å²) in [6.07, 6.45) is 1.37. The van der Waals surface area contributed by atoms with Crippen molar-refractivity contribution in [3.63, 3.8) is 0 Å². The van der Waals surface area contributed by atoms with E-state index in [0.717, 1.165) is 0 Å². The first-order valence-corrected chi connectivity index (χ1v) is 7.28.